The molecular weight excluding hydrogens is 389 g/mol. The Kier molecular flexibility index (Phi) is 6.42. The monoisotopic (exact) mass is 409 g/mol. The van der Waals surface area contributed by atoms with Crippen LogP contribution in [0.25, 0.3) is 0 Å². The van der Waals surface area contributed by atoms with E-state index in [0.29, 0.717) is 41.3 Å². The first-order valence-electron chi connectivity index (χ1n) is 8.62. The average molecular weight is 410 g/mol. The molecule has 1 aromatic carbocycles. The minimum absolute atomic E-state index is 0.207. The molecule has 6 nitrogen and oxygen atoms in total. The zero-order chi connectivity index (χ0) is 19.4. The fraction of sp³-hybridized carbons (Fsp3) is 0.368. The van der Waals surface area contributed by atoms with E-state index in [0.717, 1.165) is 11.3 Å². The van der Waals surface area contributed by atoms with Gasteiger partial charge in [-0.05, 0) is 43.7 Å². The van der Waals surface area contributed by atoms with Crippen LogP contribution in [0.3, 0.4) is 0 Å². The first-order valence-corrected chi connectivity index (χ1v) is 9.37. The molecule has 0 radical (unpaired) electrons. The summed E-state index contributed by atoms with van der Waals surface area (Å²) in [5, 5.41) is 3.64. The number of amides is 2. The second kappa shape index (κ2) is 8.78. The highest BCUT2D eigenvalue weighted by Gasteiger charge is 2.25. The van der Waals surface area contributed by atoms with E-state index in [1.807, 2.05) is 26.0 Å². The second-order valence-corrected chi connectivity index (χ2v) is 7.19. The number of urea groups is 1. The van der Waals surface area contributed by atoms with Crippen LogP contribution in [-0.4, -0.2) is 48.3 Å². The summed E-state index contributed by atoms with van der Waals surface area (Å²) in [6.07, 6.45) is -0.258. The zero-order valence-electron chi connectivity index (χ0n) is 15.2. The molecule has 3 rings (SSSR count). The summed E-state index contributed by atoms with van der Waals surface area (Å²) in [5.74, 6) is 1.04. The van der Waals surface area contributed by atoms with Gasteiger partial charge in [0.25, 0.3) is 0 Å². The van der Waals surface area contributed by atoms with E-state index < -0.39 is 0 Å². The number of hydrogen-bond acceptors (Lipinski definition) is 4. The first kappa shape index (κ1) is 19.7. The maximum atomic E-state index is 12.5. The van der Waals surface area contributed by atoms with Crippen molar-refractivity contribution in [3.63, 3.8) is 0 Å². The Bertz CT molecular complexity index is 812. The van der Waals surface area contributed by atoms with Crippen molar-refractivity contribution in [3.05, 3.63) is 51.6 Å². The zero-order valence-corrected chi connectivity index (χ0v) is 16.7. The maximum Gasteiger partial charge on any atom is 0.323 e. The van der Waals surface area contributed by atoms with Gasteiger partial charge in [0.15, 0.2) is 0 Å². The van der Waals surface area contributed by atoms with E-state index in [9.17, 15) is 4.79 Å². The van der Waals surface area contributed by atoms with E-state index in [1.54, 1.807) is 23.1 Å². The summed E-state index contributed by atoms with van der Waals surface area (Å²) in [6.45, 7) is 5.48. The minimum atomic E-state index is -0.258. The van der Waals surface area contributed by atoms with Gasteiger partial charge in [-0.3, -0.25) is 5.32 Å². The third-order valence-electron chi connectivity index (χ3n) is 4.10. The third-order valence-corrected chi connectivity index (χ3v) is 4.90. The predicted octanol–water partition coefficient (Wildman–Crippen LogP) is 4.32. The van der Waals surface area contributed by atoms with Gasteiger partial charge in [0, 0.05) is 12.2 Å². The van der Waals surface area contributed by atoms with Gasteiger partial charge in [-0.2, -0.15) is 0 Å². The predicted molar refractivity (Wildman–Crippen MR) is 106 cm³/mol. The van der Waals surface area contributed by atoms with Gasteiger partial charge in [0.1, 0.15) is 29.3 Å². The van der Waals surface area contributed by atoms with Crippen molar-refractivity contribution >= 4 is 35.1 Å². The summed E-state index contributed by atoms with van der Waals surface area (Å²) < 4.78 is 11.4. The fourth-order valence-corrected chi connectivity index (χ4v) is 3.22. The van der Waals surface area contributed by atoms with Crippen LogP contribution in [0.1, 0.15) is 11.3 Å². The van der Waals surface area contributed by atoms with Gasteiger partial charge in [0.05, 0.1) is 18.2 Å². The van der Waals surface area contributed by atoms with Crippen LogP contribution in [-0.2, 0) is 4.74 Å². The van der Waals surface area contributed by atoms with Crippen LogP contribution in [0.4, 0.5) is 10.6 Å². The van der Waals surface area contributed by atoms with E-state index in [-0.39, 0.29) is 18.7 Å². The second-order valence-electron chi connectivity index (χ2n) is 6.40. The standard InChI is InChI=1S/C19H21Cl2N3O3/c1-12-8-13(2)22-17(9-12)23-19(25)24-6-7-26-14(10-24)11-27-16-5-3-4-15(20)18(16)21/h3-5,8-9,14H,6-7,10-11H2,1-2H3,(H,22,23,25). The topological polar surface area (TPSA) is 63.7 Å². The molecule has 1 atom stereocenters. The molecule has 0 bridgehead atoms. The van der Waals surface area contributed by atoms with Crippen molar-refractivity contribution in [1.29, 1.82) is 0 Å². The molecule has 2 aromatic rings. The number of hydrogen-bond donors (Lipinski definition) is 1. The number of halogens is 2. The lowest BCUT2D eigenvalue weighted by atomic mass is 10.2. The Balaban J connectivity index is 1.57. The number of pyridine rings is 1. The van der Waals surface area contributed by atoms with Gasteiger partial charge < -0.3 is 14.4 Å². The number of nitrogens with zero attached hydrogens (tertiary/aromatic N) is 2. The number of aromatic nitrogens is 1. The average Bonchev–Trinajstić information content (AvgIpc) is 2.62. The molecule has 0 spiro atoms. The number of carbonyl (C=O) groups excluding carboxylic acids is 1. The van der Waals surface area contributed by atoms with E-state index >= 15 is 0 Å². The maximum absolute atomic E-state index is 12.5. The largest absolute Gasteiger partial charge is 0.489 e. The molecule has 2 amide bonds. The molecule has 1 fully saturated rings. The third kappa shape index (κ3) is 5.25. The molecule has 27 heavy (non-hydrogen) atoms. The summed E-state index contributed by atoms with van der Waals surface area (Å²) in [7, 11) is 0. The highest BCUT2D eigenvalue weighted by atomic mass is 35.5. The SMILES string of the molecule is Cc1cc(C)nc(NC(=O)N2CCOC(COc3cccc(Cl)c3Cl)C2)c1. The summed E-state index contributed by atoms with van der Waals surface area (Å²) >= 11 is 12.1. The van der Waals surface area contributed by atoms with E-state index in [4.69, 9.17) is 32.7 Å². The molecule has 144 valence electrons. The molecular formula is C19H21Cl2N3O3. The van der Waals surface area contributed by atoms with Gasteiger partial charge in [0.2, 0.25) is 0 Å². The quantitative estimate of drug-likeness (QED) is 0.816. The number of rotatable bonds is 4. The van der Waals surface area contributed by atoms with Gasteiger partial charge in [-0.25, -0.2) is 9.78 Å². The lowest BCUT2D eigenvalue weighted by Gasteiger charge is -2.32. The number of benzene rings is 1. The summed E-state index contributed by atoms with van der Waals surface area (Å²) in [4.78, 5) is 18.6. The van der Waals surface area contributed by atoms with Crippen molar-refractivity contribution < 1.29 is 14.3 Å². The number of morpholine rings is 1. The Hall–Kier alpha value is -2.02. The lowest BCUT2D eigenvalue weighted by Crippen LogP contribution is -2.49. The van der Waals surface area contributed by atoms with E-state index in [2.05, 4.69) is 10.3 Å². The van der Waals surface area contributed by atoms with Crippen LogP contribution < -0.4 is 10.1 Å². The molecule has 1 N–H and O–H groups in total. The van der Waals surface area contributed by atoms with Crippen molar-refractivity contribution in [2.45, 2.75) is 20.0 Å². The van der Waals surface area contributed by atoms with E-state index in [1.165, 1.54) is 0 Å². The van der Waals surface area contributed by atoms with Crippen molar-refractivity contribution in [2.24, 2.45) is 0 Å². The number of ether oxygens (including phenoxy) is 2. The first-order chi connectivity index (χ1) is 12.9. The van der Waals surface area contributed by atoms with Crippen molar-refractivity contribution in [3.8, 4) is 5.75 Å². The Labute approximate surface area is 168 Å². The molecule has 0 saturated carbocycles. The molecule has 1 aliphatic heterocycles. The Morgan fingerprint density at radius 3 is 2.96 bits per heavy atom. The highest BCUT2D eigenvalue weighted by molar-refractivity contribution is 6.42. The smallest absolute Gasteiger partial charge is 0.323 e. The fourth-order valence-electron chi connectivity index (χ4n) is 2.88. The van der Waals surface area contributed by atoms with Crippen molar-refractivity contribution in [2.75, 3.05) is 31.6 Å². The number of aryl methyl sites for hydroxylation is 2. The van der Waals surface area contributed by atoms with Gasteiger partial charge in [-0.1, -0.05) is 29.3 Å². The molecule has 1 aromatic heterocycles. The van der Waals surface area contributed by atoms with Crippen LogP contribution in [0.15, 0.2) is 30.3 Å². The molecule has 2 heterocycles. The van der Waals surface area contributed by atoms with Crippen LogP contribution >= 0.6 is 23.2 Å². The number of anilines is 1. The minimum Gasteiger partial charge on any atom is -0.489 e. The van der Waals surface area contributed by atoms with Gasteiger partial charge in [-0.15, -0.1) is 0 Å². The normalized spacial score (nSPS) is 16.9. The summed E-state index contributed by atoms with van der Waals surface area (Å²) in [5.41, 5.74) is 1.90. The van der Waals surface area contributed by atoms with Crippen LogP contribution in [0, 0.1) is 13.8 Å². The molecule has 0 aliphatic carbocycles. The molecule has 1 unspecified atom stereocenters. The summed E-state index contributed by atoms with van der Waals surface area (Å²) in [6, 6.07) is 8.80. The highest BCUT2D eigenvalue weighted by Crippen LogP contribution is 2.31. The van der Waals surface area contributed by atoms with Gasteiger partial charge >= 0.3 is 6.03 Å². The Morgan fingerprint density at radius 1 is 1.37 bits per heavy atom. The van der Waals surface area contributed by atoms with Crippen LogP contribution in [0.2, 0.25) is 10.0 Å². The van der Waals surface area contributed by atoms with Crippen LogP contribution in [0.5, 0.6) is 5.75 Å². The number of nitrogens with one attached hydrogen (secondary N) is 1. The Morgan fingerprint density at radius 2 is 2.19 bits per heavy atom. The molecule has 1 saturated heterocycles. The lowest BCUT2D eigenvalue weighted by molar-refractivity contribution is -0.0336. The van der Waals surface area contributed by atoms with Crippen molar-refractivity contribution in [1.82, 2.24) is 9.88 Å². The molecule has 8 heteroatoms. The number of carbonyl (C=O) groups is 1. The molecule has 1 aliphatic rings.